The molecule has 22 heavy (non-hydrogen) atoms. The maximum absolute atomic E-state index is 13.6. The van der Waals surface area contributed by atoms with Crippen LogP contribution in [-0.4, -0.2) is 5.11 Å². The van der Waals surface area contributed by atoms with Crippen molar-refractivity contribution < 1.29 is 8.78 Å². The van der Waals surface area contributed by atoms with Gasteiger partial charge in [-0.15, -0.1) is 0 Å². The number of thiocarbonyl (C=S) groups is 1. The third-order valence-electron chi connectivity index (χ3n) is 3.30. The average molecular weight is 320 g/mol. The van der Waals surface area contributed by atoms with Crippen LogP contribution in [0, 0.1) is 17.6 Å². The van der Waals surface area contributed by atoms with Gasteiger partial charge in [-0.1, -0.05) is 38.1 Å². The summed E-state index contributed by atoms with van der Waals surface area (Å²) < 4.78 is 26.7. The Morgan fingerprint density at radius 1 is 1.00 bits per heavy atom. The molecule has 5 heteroatoms. The van der Waals surface area contributed by atoms with Gasteiger partial charge in [-0.25, -0.2) is 8.78 Å². The molecule has 0 bridgehead atoms. The molecule has 0 radical (unpaired) electrons. The number of anilines is 1. The Hall–Kier alpha value is -2.01. The van der Waals surface area contributed by atoms with Crippen molar-refractivity contribution in [2.24, 2.45) is 5.92 Å². The Kier molecular flexibility index (Phi) is 5.44. The largest absolute Gasteiger partial charge is 0.355 e. The highest BCUT2D eigenvalue weighted by Gasteiger charge is 2.17. The maximum Gasteiger partial charge on any atom is 0.171 e. The minimum absolute atomic E-state index is 0.0904. The van der Waals surface area contributed by atoms with Crippen LogP contribution in [0.3, 0.4) is 0 Å². The SMILES string of the molecule is CC(C)[C@@H](NC(=S)Nc1ccccc1F)c1ccc(F)cc1. The van der Waals surface area contributed by atoms with Gasteiger partial charge in [0.15, 0.2) is 5.11 Å². The van der Waals surface area contributed by atoms with E-state index in [2.05, 4.69) is 10.6 Å². The number of rotatable bonds is 4. The number of hydrogen-bond acceptors (Lipinski definition) is 1. The molecule has 0 aliphatic heterocycles. The van der Waals surface area contributed by atoms with Crippen molar-refractivity contribution in [2.45, 2.75) is 19.9 Å². The van der Waals surface area contributed by atoms with Crippen molar-refractivity contribution in [1.82, 2.24) is 5.32 Å². The molecule has 1 atom stereocenters. The van der Waals surface area contributed by atoms with Crippen molar-refractivity contribution >= 4 is 23.0 Å². The third kappa shape index (κ3) is 4.24. The van der Waals surface area contributed by atoms with Crippen molar-refractivity contribution in [1.29, 1.82) is 0 Å². The molecular formula is C17H18F2N2S. The van der Waals surface area contributed by atoms with Gasteiger partial charge >= 0.3 is 0 Å². The molecule has 0 fully saturated rings. The molecule has 0 spiro atoms. The summed E-state index contributed by atoms with van der Waals surface area (Å²) in [5.41, 5.74) is 1.25. The van der Waals surface area contributed by atoms with Gasteiger partial charge in [0.2, 0.25) is 0 Å². The molecule has 2 N–H and O–H groups in total. The zero-order valence-electron chi connectivity index (χ0n) is 12.4. The Labute approximate surface area is 134 Å². The second-order valence-corrected chi connectivity index (χ2v) is 5.76. The van der Waals surface area contributed by atoms with E-state index < -0.39 is 0 Å². The molecule has 116 valence electrons. The van der Waals surface area contributed by atoms with E-state index >= 15 is 0 Å². The lowest BCUT2D eigenvalue weighted by Gasteiger charge is -2.25. The minimum Gasteiger partial charge on any atom is -0.355 e. The van der Waals surface area contributed by atoms with Gasteiger partial charge in [0, 0.05) is 0 Å². The minimum atomic E-state index is -0.366. The van der Waals surface area contributed by atoms with Crippen LogP contribution in [0.2, 0.25) is 0 Å². The van der Waals surface area contributed by atoms with Crippen LogP contribution in [0.15, 0.2) is 48.5 Å². The summed E-state index contributed by atoms with van der Waals surface area (Å²) in [6, 6.07) is 12.5. The van der Waals surface area contributed by atoms with Crippen molar-refractivity contribution in [2.75, 3.05) is 5.32 Å². The normalized spacial score (nSPS) is 12.0. The summed E-state index contributed by atoms with van der Waals surface area (Å²) in [4.78, 5) is 0. The van der Waals surface area contributed by atoms with Crippen LogP contribution in [0.4, 0.5) is 14.5 Å². The summed E-state index contributed by atoms with van der Waals surface area (Å²) in [6.07, 6.45) is 0. The van der Waals surface area contributed by atoms with Gasteiger partial charge < -0.3 is 10.6 Å². The van der Waals surface area contributed by atoms with Gasteiger partial charge in [0.25, 0.3) is 0 Å². The molecule has 0 unspecified atom stereocenters. The van der Waals surface area contributed by atoms with Crippen LogP contribution < -0.4 is 10.6 Å². The van der Waals surface area contributed by atoms with Gasteiger partial charge in [-0.2, -0.15) is 0 Å². The number of nitrogens with one attached hydrogen (secondary N) is 2. The molecule has 0 aromatic heterocycles. The number of para-hydroxylation sites is 1. The second kappa shape index (κ2) is 7.31. The fourth-order valence-corrected chi connectivity index (χ4v) is 2.40. The maximum atomic E-state index is 13.6. The number of halogens is 2. The Balaban J connectivity index is 2.09. The molecule has 2 aromatic carbocycles. The highest BCUT2D eigenvalue weighted by atomic mass is 32.1. The molecule has 2 aromatic rings. The van der Waals surface area contributed by atoms with Crippen molar-refractivity contribution in [3.05, 3.63) is 65.7 Å². The monoisotopic (exact) mass is 320 g/mol. The zero-order chi connectivity index (χ0) is 16.1. The van der Waals surface area contributed by atoms with Crippen molar-refractivity contribution in [3.63, 3.8) is 0 Å². The van der Waals surface area contributed by atoms with E-state index in [4.69, 9.17) is 12.2 Å². The third-order valence-corrected chi connectivity index (χ3v) is 3.52. The van der Waals surface area contributed by atoms with E-state index in [9.17, 15) is 8.78 Å². The molecule has 0 amide bonds. The fourth-order valence-electron chi connectivity index (χ4n) is 2.17. The summed E-state index contributed by atoms with van der Waals surface area (Å²) in [6.45, 7) is 4.07. The average Bonchev–Trinajstić information content (AvgIpc) is 2.48. The highest BCUT2D eigenvalue weighted by molar-refractivity contribution is 7.80. The highest BCUT2D eigenvalue weighted by Crippen LogP contribution is 2.22. The summed E-state index contributed by atoms with van der Waals surface area (Å²) in [5.74, 6) is -0.418. The molecule has 0 heterocycles. The van der Waals surface area contributed by atoms with Gasteiger partial charge in [0.1, 0.15) is 11.6 Å². The predicted octanol–water partition coefficient (Wildman–Crippen LogP) is 4.65. The van der Waals surface area contributed by atoms with E-state index in [-0.39, 0.29) is 23.6 Å². The first-order valence-electron chi connectivity index (χ1n) is 7.05. The standard InChI is InChI=1S/C17H18F2N2S/c1-11(2)16(12-7-9-13(18)10-8-12)21-17(22)20-15-6-4-3-5-14(15)19/h3-11,16H,1-2H3,(H2,20,21,22)/t16-/m1/s1. The van der Waals surface area contributed by atoms with Crippen LogP contribution in [0.25, 0.3) is 0 Å². The van der Waals surface area contributed by atoms with Crippen LogP contribution in [-0.2, 0) is 0 Å². The van der Waals surface area contributed by atoms with Crippen LogP contribution >= 0.6 is 12.2 Å². The molecule has 0 saturated carbocycles. The quantitative estimate of drug-likeness (QED) is 0.802. The zero-order valence-corrected chi connectivity index (χ0v) is 13.3. The van der Waals surface area contributed by atoms with Crippen molar-refractivity contribution in [3.8, 4) is 0 Å². The van der Waals surface area contributed by atoms with E-state index in [0.717, 1.165) is 5.56 Å². The molecule has 0 saturated heterocycles. The van der Waals surface area contributed by atoms with E-state index in [1.54, 1.807) is 30.3 Å². The van der Waals surface area contributed by atoms with Crippen LogP contribution in [0.1, 0.15) is 25.5 Å². The first-order valence-corrected chi connectivity index (χ1v) is 7.45. The van der Waals surface area contributed by atoms with E-state index in [1.165, 1.54) is 18.2 Å². The number of hydrogen-bond donors (Lipinski definition) is 2. The first-order chi connectivity index (χ1) is 10.5. The Morgan fingerprint density at radius 2 is 1.64 bits per heavy atom. The Bertz CT molecular complexity index is 641. The molecule has 0 aliphatic rings. The summed E-state index contributed by atoms with van der Waals surface area (Å²) in [7, 11) is 0. The van der Waals surface area contributed by atoms with Gasteiger partial charge in [0.05, 0.1) is 11.7 Å². The molecular weight excluding hydrogens is 302 g/mol. The summed E-state index contributed by atoms with van der Waals surface area (Å²) in [5, 5.41) is 6.33. The molecule has 0 aliphatic carbocycles. The lowest BCUT2D eigenvalue weighted by atomic mass is 9.96. The first kappa shape index (κ1) is 16.4. The molecule has 2 rings (SSSR count). The van der Waals surface area contributed by atoms with E-state index in [0.29, 0.717) is 10.8 Å². The lowest BCUT2D eigenvalue weighted by Crippen LogP contribution is -2.35. The lowest BCUT2D eigenvalue weighted by molar-refractivity contribution is 0.472. The van der Waals surface area contributed by atoms with Gasteiger partial charge in [-0.3, -0.25) is 0 Å². The predicted molar refractivity (Wildman–Crippen MR) is 89.7 cm³/mol. The fraction of sp³-hybridized carbons (Fsp3) is 0.235. The number of benzene rings is 2. The van der Waals surface area contributed by atoms with E-state index in [1.807, 2.05) is 13.8 Å². The van der Waals surface area contributed by atoms with Gasteiger partial charge in [-0.05, 0) is 48.0 Å². The topological polar surface area (TPSA) is 24.1 Å². The smallest absolute Gasteiger partial charge is 0.171 e. The molecule has 2 nitrogen and oxygen atoms in total. The van der Waals surface area contributed by atoms with Crippen LogP contribution in [0.5, 0.6) is 0 Å². The Morgan fingerprint density at radius 3 is 2.23 bits per heavy atom. The summed E-state index contributed by atoms with van der Waals surface area (Å²) >= 11 is 5.25. The second-order valence-electron chi connectivity index (χ2n) is 5.35.